The van der Waals surface area contributed by atoms with Gasteiger partial charge in [-0.1, -0.05) is 84.0 Å². The number of carbonyl (C=O) groups is 1. The molecule has 0 aliphatic heterocycles. The van der Waals surface area contributed by atoms with Gasteiger partial charge in [-0.15, -0.1) is 0 Å². The Labute approximate surface area is 161 Å². The van der Waals surface area contributed by atoms with Crippen LogP contribution < -0.4 is 9.88 Å². The van der Waals surface area contributed by atoms with Gasteiger partial charge in [-0.05, 0) is 6.42 Å². The summed E-state index contributed by atoms with van der Waals surface area (Å²) < 4.78 is 4.10. The Kier molecular flexibility index (Phi) is 13.9. The van der Waals surface area contributed by atoms with E-state index < -0.39 is 0 Å². The van der Waals surface area contributed by atoms with Crippen LogP contribution in [0.25, 0.3) is 0 Å². The molecule has 0 saturated heterocycles. The van der Waals surface area contributed by atoms with Gasteiger partial charge in [0, 0.05) is 6.42 Å². The van der Waals surface area contributed by atoms with Crippen LogP contribution in [0.5, 0.6) is 0 Å². The Morgan fingerprint density at radius 3 is 1.92 bits per heavy atom. The van der Waals surface area contributed by atoms with E-state index in [0.29, 0.717) is 13.0 Å². The maximum atomic E-state index is 11.8. The van der Waals surface area contributed by atoms with Gasteiger partial charge in [0.15, 0.2) is 0 Å². The predicted molar refractivity (Wildman–Crippen MR) is 109 cm³/mol. The second-order valence-corrected chi connectivity index (χ2v) is 7.66. The number of hydrogen-bond donors (Lipinski definition) is 1. The summed E-state index contributed by atoms with van der Waals surface area (Å²) in [6.45, 7) is 3.83. The van der Waals surface area contributed by atoms with Gasteiger partial charge < -0.3 is 5.32 Å². The van der Waals surface area contributed by atoms with Crippen molar-refractivity contribution < 1.29 is 9.36 Å². The minimum atomic E-state index is 0.199. The van der Waals surface area contributed by atoms with E-state index >= 15 is 0 Å². The number of imidazole rings is 1. The highest BCUT2D eigenvalue weighted by Crippen LogP contribution is 2.12. The molecule has 1 aromatic rings. The molecule has 1 aromatic heterocycles. The van der Waals surface area contributed by atoms with Crippen molar-refractivity contribution in [3.05, 3.63) is 18.7 Å². The average Bonchev–Trinajstić information content (AvgIpc) is 3.04. The van der Waals surface area contributed by atoms with E-state index in [0.717, 1.165) is 13.0 Å². The fourth-order valence-corrected chi connectivity index (χ4v) is 3.35. The number of nitrogens with zero attached hydrogens (tertiary/aromatic N) is 2. The molecule has 1 N–H and O–H groups in total. The molecule has 0 saturated carbocycles. The quantitative estimate of drug-likeness (QED) is 0.309. The molecule has 1 amide bonds. The summed E-state index contributed by atoms with van der Waals surface area (Å²) in [6.07, 6.45) is 24.2. The summed E-state index contributed by atoms with van der Waals surface area (Å²) in [4.78, 5) is 11.8. The number of nitrogens with one attached hydrogen (secondary N) is 1. The van der Waals surface area contributed by atoms with E-state index in [4.69, 9.17) is 0 Å². The molecule has 0 fully saturated rings. The van der Waals surface area contributed by atoms with Crippen molar-refractivity contribution in [3.63, 3.8) is 0 Å². The van der Waals surface area contributed by atoms with E-state index in [1.165, 1.54) is 77.0 Å². The number of hydrogen-bond acceptors (Lipinski definition) is 1. The molecule has 0 aromatic carbocycles. The van der Waals surface area contributed by atoms with Crippen LogP contribution in [0.4, 0.5) is 0 Å². The summed E-state index contributed by atoms with van der Waals surface area (Å²) in [6, 6.07) is 0. The molecule has 1 rings (SSSR count). The van der Waals surface area contributed by atoms with Gasteiger partial charge in [-0.2, -0.15) is 0 Å². The molecule has 1 heterocycles. The lowest BCUT2D eigenvalue weighted by atomic mass is 10.0. The van der Waals surface area contributed by atoms with Crippen molar-refractivity contribution >= 4 is 5.91 Å². The fourth-order valence-electron chi connectivity index (χ4n) is 3.35. The van der Waals surface area contributed by atoms with Crippen molar-refractivity contribution in [2.75, 3.05) is 6.54 Å². The molecule has 0 aliphatic carbocycles. The minimum Gasteiger partial charge on any atom is -0.352 e. The summed E-state index contributed by atoms with van der Waals surface area (Å²) in [5, 5.41) is 3.01. The zero-order valence-electron chi connectivity index (χ0n) is 17.3. The van der Waals surface area contributed by atoms with Crippen molar-refractivity contribution in [2.24, 2.45) is 7.05 Å². The minimum absolute atomic E-state index is 0.199. The number of amides is 1. The molecular weight excluding hydrogens is 322 g/mol. The summed E-state index contributed by atoms with van der Waals surface area (Å²) in [5.41, 5.74) is 0. The van der Waals surface area contributed by atoms with Crippen molar-refractivity contribution in [1.29, 1.82) is 0 Å². The lowest BCUT2D eigenvalue weighted by Gasteiger charge is -2.04. The Hall–Kier alpha value is -1.32. The Balaban J connectivity index is 1.79. The topological polar surface area (TPSA) is 37.9 Å². The first-order valence-electron chi connectivity index (χ1n) is 11.0. The number of carbonyl (C=O) groups excluding carboxylic acids is 1. The van der Waals surface area contributed by atoms with Gasteiger partial charge in [0.25, 0.3) is 0 Å². The van der Waals surface area contributed by atoms with E-state index in [1.54, 1.807) is 0 Å². The zero-order valence-corrected chi connectivity index (χ0v) is 17.3. The Morgan fingerprint density at radius 1 is 0.885 bits per heavy atom. The Morgan fingerprint density at radius 2 is 1.42 bits per heavy atom. The normalized spacial score (nSPS) is 11.0. The molecule has 150 valence electrons. The summed E-state index contributed by atoms with van der Waals surface area (Å²) in [5.74, 6) is 0.199. The maximum Gasteiger partial charge on any atom is 0.243 e. The van der Waals surface area contributed by atoms with Crippen molar-refractivity contribution in [1.82, 2.24) is 9.88 Å². The molecular formula is C22H42N3O+. The van der Waals surface area contributed by atoms with Crippen LogP contribution in [-0.2, 0) is 18.4 Å². The second kappa shape index (κ2) is 15.9. The standard InChI is InChI=1S/C22H41N3O/c1-3-4-5-6-7-8-9-10-11-12-13-14-15-16-22(26)23-17-18-25-20-19-24(2)21-25/h19-21H,3-18H2,1-2H3/p+1. The highest BCUT2D eigenvalue weighted by atomic mass is 16.1. The van der Waals surface area contributed by atoms with Gasteiger partial charge in [-0.25, -0.2) is 9.13 Å². The summed E-state index contributed by atoms with van der Waals surface area (Å²) >= 11 is 0. The first-order valence-corrected chi connectivity index (χ1v) is 11.0. The SMILES string of the molecule is CCCCCCCCCCCCCCCC(=O)NCCn1cc[n+](C)c1. The monoisotopic (exact) mass is 364 g/mol. The van der Waals surface area contributed by atoms with E-state index in [2.05, 4.69) is 16.8 Å². The van der Waals surface area contributed by atoms with Crippen molar-refractivity contribution in [2.45, 2.75) is 103 Å². The molecule has 0 radical (unpaired) electrons. The molecule has 4 nitrogen and oxygen atoms in total. The third kappa shape index (κ3) is 13.0. The highest BCUT2D eigenvalue weighted by molar-refractivity contribution is 5.75. The van der Waals surface area contributed by atoms with Crippen LogP contribution in [0, 0.1) is 0 Å². The van der Waals surface area contributed by atoms with Gasteiger partial charge in [0.2, 0.25) is 12.2 Å². The molecule has 4 heteroatoms. The lowest BCUT2D eigenvalue weighted by Crippen LogP contribution is -2.28. The van der Waals surface area contributed by atoms with E-state index in [-0.39, 0.29) is 5.91 Å². The highest BCUT2D eigenvalue weighted by Gasteiger charge is 2.03. The average molecular weight is 365 g/mol. The van der Waals surface area contributed by atoms with Gasteiger partial charge in [0.05, 0.1) is 13.6 Å². The lowest BCUT2D eigenvalue weighted by molar-refractivity contribution is -0.671. The molecule has 0 atom stereocenters. The van der Waals surface area contributed by atoms with Crippen LogP contribution >= 0.6 is 0 Å². The molecule has 26 heavy (non-hydrogen) atoms. The maximum absolute atomic E-state index is 11.8. The second-order valence-electron chi connectivity index (χ2n) is 7.66. The van der Waals surface area contributed by atoms with Crippen molar-refractivity contribution in [3.8, 4) is 0 Å². The molecule has 0 unspecified atom stereocenters. The third-order valence-electron chi connectivity index (χ3n) is 5.02. The van der Waals surface area contributed by atoms with Gasteiger partial charge in [0.1, 0.15) is 18.9 Å². The van der Waals surface area contributed by atoms with Crippen LogP contribution in [0.1, 0.15) is 96.8 Å². The zero-order chi connectivity index (χ0) is 18.9. The summed E-state index contributed by atoms with van der Waals surface area (Å²) in [7, 11) is 2.00. The van der Waals surface area contributed by atoms with Gasteiger partial charge in [-0.3, -0.25) is 4.79 Å². The molecule has 0 bridgehead atoms. The first kappa shape index (κ1) is 22.7. The van der Waals surface area contributed by atoms with Crippen LogP contribution in [0.2, 0.25) is 0 Å². The Bertz CT molecular complexity index is 456. The van der Waals surface area contributed by atoms with Gasteiger partial charge >= 0.3 is 0 Å². The van der Waals surface area contributed by atoms with Crippen LogP contribution in [0.15, 0.2) is 18.7 Å². The largest absolute Gasteiger partial charge is 0.352 e. The molecule has 0 aliphatic rings. The van der Waals surface area contributed by atoms with Crippen LogP contribution in [-0.4, -0.2) is 17.0 Å². The predicted octanol–water partition coefficient (Wildman–Crippen LogP) is 4.91. The van der Waals surface area contributed by atoms with E-state index in [1.807, 2.05) is 30.3 Å². The first-order chi connectivity index (χ1) is 12.7. The number of rotatable bonds is 17. The fraction of sp³-hybridized carbons (Fsp3) is 0.818. The number of aryl methyl sites for hydroxylation is 1. The van der Waals surface area contributed by atoms with Crippen LogP contribution in [0.3, 0.4) is 0 Å². The number of unbranched alkanes of at least 4 members (excludes halogenated alkanes) is 12. The van der Waals surface area contributed by atoms with E-state index in [9.17, 15) is 4.79 Å². The molecule has 0 spiro atoms. The smallest absolute Gasteiger partial charge is 0.243 e. The third-order valence-corrected chi connectivity index (χ3v) is 5.02. The number of aromatic nitrogens is 2.